The van der Waals surface area contributed by atoms with Gasteiger partial charge in [0.25, 0.3) is 0 Å². The second-order valence-corrected chi connectivity index (χ2v) is 5.87. The van der Waals surface area contributed by atoms with Gasteiger partial charge in [-0.3, -0.25) is 9.78 Å². The first-order chi connectivity index (χ1) is 13.1. The van der Waals surface area contributed by atoms with Gasteiger partial charge in [-0.2, -0.15) is 0 Å². The average molecular weight is 369 g/mol. The molecule has 0 saturated heterocycles. The molecule has 0 radical (unpaired) electrons. The first-order valence-corrected chi connectivity index (χ1v) is 8.44. The molecule has 2 heterocycles. The third-order valence-electron chi connectivity index (χ3n) is 4.05. The van der Waals surface area contributed by atoms with Crippen molar-refractivity contribution in [2.24, 2.45) is 0 Å². The Morgan fingerprint density at radius 2 is 2.15 bits per heavy atom. The zero-order valence-electron chi connectivity index (χ0n) is 14.7. The number of imidazole rings is 1. The molecule has 1 atom stereocenters. The Balaban J connectivity index is 1.92. The van der Waals surface area contributed by atoms with Crippen LogP contribution in [-0.2, 0) is 11.3 Å². The maximum absolute atomic E-state index is 13.7. The van der Waals surface area contributed by atoms with Gasteiger partial charge < -0.3 is 20.7 Å². The lowest BCUT2D eigenvalue weighted by Gasteiger charge is -2.12. The van der Waals surface area contributed by atoms with E-state index in [1.165, 1.54) is 12.1 Å². The van der Waals surface area contributed by atoms with Crippen molar-refractivity contribution in [3.8, 4) is 22.6 Å². The van der Waals surface area contributed by atoms with Crippen LogP contribution in [0.4, 0.5) is 4.39 Å². The van der Waals surface area contributed by atoms with Crippen molar-refractivity contribution < 1.29 is 14.3 Å². The minimum atomic E-state index is -0.696. The summed E-state index contributed by atoms with van der Waals surface area (Å²) in [4.78, 5) is 24.0. The predicted octanol–water partition coefficient (Wildman–Crippen LogP) is 1.47. The number of pyridine rings is 1. The minimum Gasteiger partial charge on any atom is -0.394 e. The lowest BCUT2D eigenvalue weighted by molar-refractivity contribution is -0.124. The molecule has 1 amide bonds. The molecule has 0 saturated carbocycles. The SMILES string of the molecule is CNC(CO)C(=O)NCc1nc(-c2cccc(F)c2)c(-c2ccccn2)[nH]1. The number of aliphatic hydroxyl groups is 1. The smallest absolute Gasteiger partial charge is 0.239 e. The second kappa shape index (κ2) is 8.52. The van der Waals surface area contributed by atoms with E-state index in [0.717, 1.165) is 0 Å². The van der Waals surface area contributed by atoms with E-state index in [9.17, 15) is 14.3 Å². The number of aromatic nitrogens is 3. The maximum atomic E-state index is 13.7. The monoisotopic (exact) mass is 369 g/mol. The molecule has 1 aromatic carbocycles. The third-order valence-corrected chi connectivity index (χ3v) is 4.05. The number of likely N-dealkylation sites (N-methyl/N-ethyl adjacent to an activating group) is 1. The fourth-order valence-electron chi connectivity index (χ4n) is 2.65. The van der Waals surface area contributed by atoms with E-state index in [4.69, 9.17) is 0 Å². The Bertz CT molecular complexity index is 909. The number of nitrogens with one attached hydrogen (secondary N) is 3. The number of aliphatic hydroxyl groups excluding tert-OH is 1. The van der Waals surface area contributed by atoms with Gasteiger partial charge in [0.05, 0.1) is 30.2 Å². The molecule has 1 unspecified atom stereocenters. The standard InChI is InChI=1S/C19H20FN5O2/c1-21-15(11-26)19(27)23-10-16-24-17(12-5-4-6-13(20)9-12)18(25-16)14-7-2-3-8-22-14/h2-9,15,21,26H,10-11H2,1H3,(H,23,27)(H,24,25). The normalized spacial score (nSPS) is 12.0. The maximum Gasteiger partial charge on any atom is 0.239 e. The number of carbonyl (C=O) groups excluding carboxylic acids is 1. The van der Waals surface area contributed by atoms with Gasteiger partial charge in [-0.1, -0.05) is 18.2 Å². The summed E-state index contributed by atoms with van der Waals surface area (Å²) in [7, 11) is 1.59. The zero-order chi connectivity index (χ0) is 19.2. The van der Waals surface area contributed by atoms with Crippen molar-refractivity contribution in [2.45, 2.75) is 12.6 Å². The average Bonchev–Trinajstić information content (AvgIpc) is 3.12. The summed E-state index contributed by atoms with van der Waals surface area (Å²) in [6, 6.07) is 10.9. The summed E-state index contributed by atoms with van der Waals surface area (Å²) >= 11 is 0. The number of hydrogen-bond donors (Lipinski definition) is 4. The topological polar surface area (TPSA) is 103 Å². The molecule has 0 aliphatic heterocycles. The van der Waals surface area contributed by atoms with Crippen LogP contribution in [0.15, 0.2) is 48.7 Å². The van der Waals surface area contributed by atoms with Gasteiger partial charge in [0, 0.05) is 11.8 Å². The first kappa shape index (κ1) is 18.7. The number of hydrogen-bond acceptors (Lipinski definition) is 5. The van der Waals surface area contributed by atoms with Gasteiger partial charge >= 0.3 is 0 Å². The molecule has 0 aliphatic rings. The summed E-state index contributed by atoms with van der Waals surface area (Å²) in [5.41, 5.74) is 2.45. The van der Waals surface area contributed by atoms with Gasteiger partial charge in [0.1, 0.15) is 17.7 Å². The summed E-state index contributed by atoms with van der Waals surface area (Å²) in [5, 5.41) is 14.6. The molecule has 0 fully saturated rings. The van der Waals surface area contributed by atoms with E-state index in [1.807, 2.05) is 12.1 Å². The van der Waals surface area contributed by atoms with Crippen LogP contribution < -0.4 is 10.6 Å². The van der Waals surface area contributed by atoms with Gasteiger partial charge in [0.15, 0.2) is 0 Å². The number of rotatable bonds is 7. The van der Waals surface area contributed by atoms with Crippen molar-refractivity contribution in [1.29, 1.82) is 0 Å². The summed E-state index contributed by atoms with van der Waals surface area (Å²) in [6.45, 7) is -0.180. The molecule has 140 valence electrons. The highest BCUT2D eigenvalue weighted by Crippen LogP contribution is 2.29. The number of amides is 1. The van der Waals surface area contributed by atoms with Crippen LogP contribution >= 0.6 is 0 Å². The van der Waals surface area contributed by atoms with Crippen molar-refractivity contribution in [3.05, 3.63) is 60.3 Å². The number of benzene rings is 1. The van der Waals surface area contributed by atoms with E-state index < -0.39 is 6.04 Å². The van der Waals surface area contributed by atoms with Gasteiger partial charge in [0.2, 0.25) is 5.91 Å². The molecule has 0 spiro atoms. The van der Waals surface area contributed by atoms with Gasteiger partial charge in [-0.05, 0) is 31.3 Å². The summed E-state index contributed by atoms with van der Waals surface area (Å²) < 4.78 is 13.7. The lowest BCUT2D eigenvalue weighted by Crippen LogP contribution is -2.44. The Labute approximate surface area is 155 Å². The fourth-order valence-corrected chi connectivity index (χ4v) is 2.65. The molecular formula is C19H20FN5O2. The molecule has 0 bridgehead atoms. The zero-order valence-corrected chi connectivity index (χ0v) is 14.7. The van der Waals surface area contributed by atoms with Crippen LogP contribution in [-0.4, -0.2) is 45.7 Å². The van der Waals surface area contributed by atoms with Crippen molar-refractivity contribution in [1.82, 2.24) is 25.6 Å². The summed E-state index contributed by atoms with van der Waals surface area (Å²) in [6.07, 6.45) is 1.66. The van der Waals surface area contributed by atoms with Crippen molar-refractivity contribution in [2.75, 3.05) is 13.7 Å². The quantitative estimate of drug-likeness (QED) is 0.505. The number of aromatic amines is 1. The van der Waals surface area contributed by atoms with Crippen LogP contribution in [0.1, 0.15) is 5.82 Å². The first-order valence-electron chi connectivity index (χ1n) is 8.44. The molecule has 7 nitrogen and oxygen atoms in total. The highest BCUT2D eigenvalue weighted by Gasteiger charge is 2.18. The van der Waals surface area contributed by atoms with Gasteiger partial charge in [-0.15, -0.1) is 0 Å². The molecule has 0 aliphatic carbocycles. The molecule has 3 rings (SSSR count). The Morgan fingerprint density at radius 1 is 1.30 bits per heavy atom. The largest absolute Gasteiger partial charge is 0.394 e. The van der Waals surface area contributed by atoms with E-state index >= 15 is 0 Å². The fraction of sp³-hybridized carbons (Fsp3) is 0.211. The number of halogens is 1. The Hall–Kier alpha value is -3.10. The van der Waals surface area contributed by atoms with Crippen LogP contribution in [0.25, 0.3) is 22.6 Å². The van der Waals surface area contributed by atoms with E-state index in [-0.39, 0.29) is 24.9 Å². The lowest BCUT2D eigenvalue weighted by atomic mass is 10.1. The third kappa shape index (κ3) is 4.36. The summed E-state index contributed by atoms with van der Waals surface area (Å²) in [5.74, 6) is -0.212. The molecule has 2 aromatic heterocycles. The predicted molar refractivity (Wildman–Crippen MR) is 99.0 cm³/mol. The Kier molecular flexibility index (Phi) is 5.90. The van der Waals surface area contributed by atoms with Crippen molar-refractivity contribution in [3.63, 3.8) is 0 Å². The number of nitrogens with zero attached hydrogens (tertiary/aromatic N) is 2. The highest BCUT2D eigenvalue weighted by atomic mass is 19.1. The molecule has 3 aromatic rings. The van der Waals surface area contributed by atoms with Gasteiger partial charge in [-0.25, -0.2) is 9.37 Å². The van der Waals surface area contributed by atoms with E-state index in [1.54, 1.807) is 31.4 Å². The molecule has 27 heavy (non-hydrogen) atoms. The van der Waals surface area contributed by atoms with E-state index in [2.05, 4.69) is 25.6 Å². The van der Waals surface area contributed by atoms with Crippen LogP contribution in [0.3, 0.4) is 0 Å². The van der Waals surface area contributed by atoms with Crippen LogP contribution in [0.5, 0.6) is 0 Å². The highest BCUT2D eigenvalue weighted by molar-refractivity contribution is 5.82. The number of H-pyrrole nitrogens is 1. The van der Waals surface area contributed by atoms with Crippen molar-refractivity contribution >= 4 is 5.91 Å². The Morgan fingerprint density at radius 3 is 2.81 bits per heavy atom. The number of carbonyl (C=O) groups is 1. The van der Waals surface area contributed by atoms with Crippen LogP contribution in [0, 0.1) is 5.82 Å². The molecule has 8 heteroatoms. The minimum absolute atomic E-state index is 0.131. The second-order valence-electron chi connectivity index (χ2n) is 5.87. The van der Waals surface area contributed by atoms with Crippen LogP contribution in [0.2, 0.25) is 0 Å². The molecule has 4 N–H and O–H groups in total. The molecular weight excluding hydrogens is 349 g/mol. The van der Waals surface area contributed by atoms with E-state index in [0.29, 0.717) is 28.5 Å².